The molecule has 1 heterocycles. The zero-order valence-electron chi connectivity index (χ0n) is 10.1. The van der Waals surface area contributed by atoms with Gasteiger partial charge in [0.15, 0.2) is 0 Å². The lowest BCUT2D eigenvalue weighted by atomic mass is 10.1. The van der Waals surface area contributed by atoms with E-state index in [2.05, 4.69) is 31.2 Å². The first kappa shape index (κ1) is 11.0. The van der Waals surface area contributed by atoms with E-state index in [0.29, 0.717) is 0 Å². The molecule has 1 fully saturated rings. The number of urea groups is 1. The highest BCUT2D eigenvalue weighted by Gasteiger charge is 2.34. The van der Waals surface area contributed by atoms with Gasteiger partial charge in [0.2, 0.25) is 0 Å². The van der Waals surface area contributed by atoms with Crippen molar-refractivity contribution in [3.8, 4) is 0 Å². The summed E-state index contributed by atoms with van der Waals surface area (Å²) in [5, 5.41) is 0. The van der Waals surface area contributed by atoms with Crippen molar-refractivity contribution in [2.75, 3.05) is 20.1 Å². The zero-order chi connectivity index (χ0) is 11.7. The summed E-state index contributed by atoms with van der Waals surface area (Å²) in [6, 6.07) is 8.76. The quantitative estimate of drug-likeness (QED) is 0.747. The van der Waals surface area contributed by atoms with Gasteiger partial charge in [-0.3, -0.25) is 0 Å². The van der Waals surface area contributed by atoms with Gasteiger partial charge in [-0.25, -0.2) is 4.79 Å². The normalized spacial score (nSPS) is 20.7. The summed E-state index contributed by atoms with van der Waals surface area (Å²) in [7, 11) is 1.88. The van der Waals surface area contributed by atoms with Gasteiger partial charge >= 0.3 is 6.03 Å². The third kappa shape index (κ3) is 1.77. The molecule has 2 amide bonds. The third-order valence-electron chi connectivity index (χ3n) is 3.28. The van der Waals surface area contributed by atoms with E-state index >= 15 is 0 Å². The number of likely N-dealkylation sites (N-methyl/N-ethyl adjacent to an activating group) is 2. The van der Waals surface area contributed by atoms with Gasteiger partial charge in [0.05, 0.1) is 6.04 Å². The zero-order valence-corrected chi connectivity index (χ0v) is 10.1. The van der Waals surface area contributed by atoms with Crippen molar-refractivity contribution in [3.05, 3.63) is 35.4 Å². The summed E-state index contributed by atoms with van der Waals surface area (Å²) in [5.74, 6) is 0. The molecular weight excluding hydrogens is 200 g/mol. The van der Waals surface area contributed by atoms with Crippen molar-refractivity contribution in [2.24, 2.45) is 0 Å². The van der Waals surface area contributed by atoms with Crippen LogP contribution in [0.5, 0.6) is 0 Å². The second kappa shape index (κ2) is 4.16. The molecule has 2 rings (SSSR count). The van der Waals surface area contributed by atoms with Gasteiger partial charge < -0.3 is 9.80 Å². The van der Waals surface area contributed by atoms with Crippen LogP contribution in [0.4, 0.5) is 4.79 Å². The van der Waals surface area contributed by atoms with E-state index in [1.807, 2.05) is 23.8 Å². The molecule has 0 N–H and O–H groups in total. The Bertz CT molecular complexity index is 385. The first-order valence-electron chi connectivity index (χ1n) is 5.71. The number of hydrogen-bond donors (Lipinski definition) is 0. The van der Waals surface area contributed by atoms with Gasteiger partial charge in [0.25, 0.3) is 0 Å². The van der Waals surface area contributed by atoms with Crippen LogP contribution in [0.3, 0.4) is 0 Å². The summed E-state index contributed by atoms with van der Waals surface area (Å²) >= 11 is 0. The molecule has 1 saturated heterocycles. The van der Waals surface area contributed by atoms with Crippen molar-refractivity contribution in [2.45, 2.75) is 19.9 Å². The van der Waals surface area contributed by atoms with Gasteiger partial charge in [-0.2, -0.15) is 0 Å². The highest BCUT2D eigenvalue weighted by atomic mass is 16.2. The molecule has 16 heavy (non-hydrogen) atoms. The molecule has 0 spiro atoms. The predicted octanol–water partition coefficient (Wildman–Crippen LogP) is 2.42. The molecule has 3 heteroatoms. The number of hydrogen-bond acceptors (Lipinski definition) is 1. The summed E-state index contributed by atoms with van der Waals surface area (Å²) in [6.07, 6.45) is 0. The molecule has 3 nitrogen and oxygen atoms in total. The molecule has 86 valence electrons. The van der Waals surface area contributed by atoms with Gasteiger partial charge in [-0.1, -0.05) is 29.8 Å². The fourth-order valence-corrected chi connectivity index (χ4v) is 2.15. The highest BCUT2D eigenvalue weighted by molar-refractivity contribution is 5.77. The van der Waals surface area contributed by atoms with Crippen LogP contribution in [0.2, 0.25) is 0 Å². The Hall–Kier alpha value is -1.51. The monoisotopic (exact) mass is 218 g/mol. The first-order chi connectivity index (χ1) is 7.63. The van der Waals surface area contributed by atoms with E-state index < -0.39 is 0 Å². The lowest BCUT2D eigenvalue weighted by molar-refractivity contribution is 0.197. The van der Waals surface area contributed by atoms with Crippen molar-refractivity contribution >= 4 is 6.03 Å². The predicted molar refractivity (Wildman–Crippen MR) is 64.3 cm³/mol. The van der Waals surface area contributed by atoms with Crippen LogP contribution in [-0.2, 0) is 0 Å². The number of rotatable bonds is 2. The Kier molecular flexibility index (Phi) is 2.86. The molecule has 1 aliphatic rings. The van der Waals surface area contributed by atoms with E-state index in [-0.39, 0.29) is 12.1 Å². The summed E-state index contributed by atoms with van der Waals surface area (Å²) in [5.41, 5.74) is 2.47. The number of amides is 2. The van der Waals surface area contributed by atoms with Gasteiger partial charge in [0, 0.05) is 20.1 Å². The van der Waals surface area contributed by atoms with Crippen molar-refractivity contribution < 1.29 is 4.79 Å². The lowest BCUT2D eigenvalue weighted by Gasteiger charge is -2.18. The van der Waals surface area contributed by atoms with Crippen LogP contribution >= 0.6 is 0 Å². The lowest BCUT2D eigenvalue weighted by Crippen LogP contribution is -2.29. The maximum atomic E-state index is 11.8. The Labute approximate surface area is 96.7 Å². The first-order valence-corrected chi connectivity index (χ1v) is 5.71. The SMILES string of the molecule is CCN1CC(c2ccc(C)cc2)N(C)C1=O. The fraction of sp³-hybridized carbons (Fsp3) is 0.462. The molecule has 0 saturated carbocycles. The molecule has 1 atom stereocenters. The smallest absolute Gasteiger partial charge is 0.320 e. The topological polar surface area (TPSA) is 23.6 Å². The van der Waals surface area contributed by atoms with Gasteiger partial charge in [0.1, 0.15) is 0 Å². The largest absolute Gasteiger partial charge is 0.323 e. The average Bonchev–Trinajstić information content (AvgIpc) is 2.57. The van der Waals surface area contributed by atoms with Crippen molar-refractivity contribution in [1.29, 1.82) is 0 Å². The molecule has 0 radical (unpaired) electrons. The fourth-order valence-electron chi connectivity index (χ4n) is 2.15. The Balaban J connectivity index is 2.23. The van der Waals surface area contributed by atoms with Crippen LogP contribution in [-0.4, -0.2) is 36.0 Å². The van der Waals surface area contributed by atoms with Crippen LogP contribution in [0.25, 0.3) is 0 Å². The summed E-state index contributed by atoms with van der Waals surface area (Å²) in [4.78, 5) is 15.5. The second-order valence-corrected chi connectivity index (χ2v) is 4.36. The molecule has 0 aliphatic carbocycles. The van der Waals surface area contributed by atoms with Crippen LogP contribution in [0.15, 0.2) is 24.3 Å². The van der Waals surface area contributed by atoms with E-state index in [1.165, 1.54) is 11.1 Å². The summed E-state index contributed by atoms with van der Waals surface area (Å²) < 4.78 is 0. The molecule has 0 bridgehead atoms. The molecule has 1 unspecified atom stereocenters. The van der Waals surface area contributed by atoms with Crippen LogP contribution < -0.4 is 0 Å². The molecule has 1 aromatic rings. The van der Waals surface area contributed by atoms with Gasteiger partial charge in [-0.15, -0.1) is 0 Å². The maximum absolute atomic E-state index is 11.8. The maximum Gasteiger partial charge on any atom is 0.320 e. The van der Waals surface area contributed by atoms with E-state index in [0.717, 1.165) is 13.1 Å². The minimum absolute atomic E-state index is 0.132. The minimum Gasteiger partial charge on any atom is -0.323 e. The number of aryl methyl sites for hydroxylation is 1. The van der Waals surface area contributed by atoms with E-state index in [9.17, 15) is 4.79 Å². The van der Waals surface area contributed by atoms with Crippen molar-refractivity contribution in [1.82, 2.24) is 9.80 Å². The number of carbonyl (C=O) groups is 1. The van der Waals surface area contributed by atoms with Crippen molar-refractivity contribution in [3.63, 3.8) is 0 Å². The van der Waals surface area contributed by atoms with Crippen LogP contribution in [0.1, 0.15) is 24.1 Å². The Morgan fingerprint density at radius 2 is 1.94 bits per heavy atom. The average molecular weight is 218 g/mol. The molecule has 0 aromatic heterocycles. The third-order valence-corrected chi connectivity index (χ3v) is 3.28. The minimum atomic E-state index is 0.132. The molecular formula is C13H18N2O. The van der Waals surface area contributed by atoms with Crippen LogP contribution in [0, 0.1) is 6.92 Å². The Morgan fingerprint density at radius 3 is 2.44 bits per heavy atom. The van der Waals surface area contributed by atoms with E-state index in [1.54, 1.807) is 0 Å². The number of benzene rings is 1. The van der Waals surface area contributed by atoms with Gasteiger partial charge in [-0.05, 0) is 19.4 Å². The second-order valence-electron chi connectivity index (χ2n) is 4.36. The molecule has 1 aromatic carbocycles. The highest BCUT2D eigenvalue weighted by Crippen LogP contribution is 2.27. The summed E-state index contributed by atoms with van der Waals surface area (Å²) in [6.45, 7) is 5.68. The number of carbonyl (C=O) groups excluding carboxylic acids is 1. The molecule has 1 aliphatic heterocycles. The Morgan fingerprint density at radius 1 is 1.31 bits per heavy atom. The van der Waals surface area contributed by atoms with E-state index in [4.69, 9.17) is 0 Å². The standard InChI is InChI=1S/C13H18N2O/c1-4-15-9-12(14(3)13(15)16)11-7-5-10(2)6-8-11/h5-8,12H,4,9H2,1-3H3. The number of nitrogens with zero attached hydrogens (tertiary/aromatic N) is 2.